The quantitative estimate of drug-likeness (QED) is 0.668. The van der Waals surface area contributed by atoms with E-state index in [-0.39, 0.29) is 11.8 Å². The number of amides is 1. The molecule has 2 heterocycles. The fourth-order valence-corrected chi connectivity index (χ4v) is 3.80. The van der Waals surface area contributed by atoms with E-state index in [1.54, 1.807) is 12.1 Å². The maximum absolute atomic E-state index is 12.5. The molecular weight excluding hydrogens is 388 g/mol. The van der Waals surface area contributed by atoms with Gasteiger partial charge in [0.05, 0.1) is 6.54 Å². The van der Waals surface area contributed by atoms with Crippen LogP contribution in [0.5, 0.6) is 0 Å². The zero-order valence-electron chi connectivity index (χ0n) is 16.3. The highest BCUT2D eigenvalue weighted by atomic mass is 35.5. The Kier molecular flexibility index (Phi) is 5.92. The molecule has 1 aliphatic heterocycles. The van der Waals surface area contributed by atoms with Crippen LogP contribution < -0.4 is 5.32 Å². The molecule has 0 bridgehead atoms. The van der Waals surface area contributed by atoms with Crippen molar-refractivity contribution < 1.29 is 9.32 Å². The number of rotatable bonds is 5. The van der Waals surface area contributed by atoms with E-state index >= 15 is 0 Å². The van der Waals surface area contributed by atoms with Gasteiger partial charge in [-0.25, -0.2) is 0 Å². The first-order valence-electron chi connectivity index (χ1n) is 9.76. The van der Waals surface area contributed by atoms with E-state index < -0.39 is 0 Å². The minimum atomic E-state index is -0.00422. The molecule has 0 atom stereocenters. The van der Waals surface area contributed by atoms with Gasteiger partial charge < -0.3 is 9.84 Å². The molecule has 29 heavy (non-hydrogen) atoms. The van der Waals surface area contributed by atoms with E-state index in [1.807, 2.05) is 43.3 Å². The number of carbonyl (C=O) groups excluding carboxylic acids is 1. The number of nitrogens with one attached hydrogen (secondary N) is 1. The maximum atomic E-state index is 12.5. The van der Waals surface area contributed by atoms with Gasteiger partial charge in [0.2, 0.25) is 17.6 Å². The van der Waals surface area contributed by atoms with Crippen molar-refractivity contribution in [2.45, 2.75) is 26.3 Å². The van der Waals surface area contributed by atoms with Crippen molar-refractivity contribution in [3.8, 4) is 11.4 Å². The number of aromatic nitrogens is 2. The standard InChI is InChI=1S/C22H23ClN4O2/c1-15-5-2-3-8-19(15)21-25-20(29-26-21)14-27-11-9-16(10-12-27)22(28)24-18-7-4-6-17(23)13-18/h2-8,13,16H,9-12,14H2,1H3,(H,24,28). The van der Waals surface area contributed by atoms with Gasteiger partial charge in [0, 0.05) is 22.2 Å². The average molecular weight is 411 g/mol. The summed E-state index contributed by atoms with van der Waals surface area (Å²) in [5.41, 5.74) is 2.84. The van der Waals surface area contributed by atoms with Gasteiger partial charge in [-0.15, -0.1) is 0 Å². The minimum absolute atomic E-state index is 0.00422. The Labute approximate surface area is 174 Å². The van der Waals surface area contributed by atoms with Crippen molar-refractivity contribution in [2.24, 2.45) is 5.92 Å². The molecule has 1 aromatic heterocycles. The molecule has 0 aliphatic carbocycles. The number of aryl methyl sites for hydroxylation is 1. The predicted octanol–water partition coefficient (Wildman–Crippen LogP) is 4.55. The first-order valence-corrected chi connectivity index (χ1v) is 10.1. The molecule has 1 saturated heterocycles. The van der Waals surface area contributed by atoms with Crippen LogP contribution in [0.2, 0.25) is 5.02 Å². The largest absolute Gasteiger partial charge is 0.338 e. The maximum Gasteiger partial charge on any atom is 0.241 e. The van der Waals surface area contributed by atoms with E-state index in [9.17, 15) is 4.79 Å². The number of piperidine rings is 1. The van der Waals surface area contributed by atoms with Crippen molar-refractivity contribution in [3.63, 3.8) is 0 Å². The third-order valence-electron chi connectivity index (χ3n) is 5.26. The van der Waals surface area contributed by atoms with E-state index in [0.717, 1.165) is 42.7 Å². The lowest BCUT2D eigenvalue weighted by molar-refractivity contribution is -0.121. The zero-order chi connectivity index (χ0) is 20.2. The zero-order valence-corrected chi connectivity index (χ0v) is 17.0. The van der Waals surface area contributed by atoms with E-state index in [4.69, 9.17) is 16.1 Å². The molecule has 6 nitrogen and oxygen atoms in total. The molecule has 150 valence electrons. The highest BCUT2D eigenvalue weighted by molar-refractivity contribution is 6.30. The van der Waals surface area contributed by atoms with Crippen LogP contribution in [-0.2, 0) is 11.3 Å². The summed E-state index contributed by atoms with van der Waals surface area (Å²) < 4.78 is 5.45. The lowest BCUT2D eigenvalue weighted by Crippen LogP contribution is -2.37. The van der Waals surface area contributed by atoms with Crippen LogP contribution in [0.25, 0.3) is 11.4 Å². The summed E-state index contributed by atoms with van der Waals surface area (Å²) in [6.07, 6.45) is 1.59. The Morgan fingerprint density at radius 3 is 2.76 bits per heavy atom. The Morgan fingerprint density at radius 2 is 2.00 bits per heavy atom. The van der Waals surface area contributed by atoms with E-state index in [1.165, 1.54) is 0 Å². The Morgan fingerprint density at radius 1 is 1.21 bits per heavy atom. The van der Waals surface area contributed by atoms with Crippen molar-refractivity contribution in [3.05, 3.63) is 65.0 Å². The lowest BCUT2D eigenvalue weighted by atomic mass is 9.96. The highest BCUT2D eigenvalue weighted by Gasteiger charge is 2.26. The van der Waals surface area contributed by atoms with Crippen LogP contribution in [0.1, 0.15) is 24.3 Å². The Balaban J connectivity index is 1.30. The van der Waals surface area contributed by atoms with Gasteiger partial charge in [0.1, 0.15) is 0 Å². The number of benzene rings is 2. The molecule has 1 N–H and O–H groups in total. The molecule has 7 heteroatoms. The van der Waals surface area contributed by atoms with Gasteiger partial charge in [0.25, 0.3) is 0 Å². The normalized spacial score (nSPS) is 15.4. The number of hydrogen-bond donors (Lipinski definition) is 1. The van der Waals surface area contributed by atoms with E-state index in [2.05, 4.69) is 20.4 Å². The Hall–Kier alpha value is -2.70. The predicted molar refractivity (Wildman–Crippen MR) is 113 cm³/mol. The van der Waals surface area contributed by atoms with Gasteiger partial charge in [-0.2, -0.15) is 4.98 Å². The summed E-state index contributed by atoms with van der Waals surface area (Å²) in [5.74, 6) is 1.26. The molecule has 4 rings (SSSR count). The summed E-state index contributed by atoms with van der Waals surface area (Å²) >= 11 is 5.98. The lowest BCUT2D eigenvalue weighted by Gasteiger charge is -2.30. The third kappa shape index (κ3) is 4.83. The number of anilines is 1. The van der Waals surface area contributed by atoms with Crippen molar-refractivity contribution in [1.82, 2.24) is 15.0 Å². The summed E-state index contributed by atoms with van der Waals surface area (Å²) in [6, 6.07) is 15.2. The summed E-state index contributed by atoms with van der Waals surface area (Å²) in [6.45, 7) is 4.26. The molecule has 2 aromatic carbocycles. The van der Waals surface area contributed by atoms with Gasteiger partial charge in [-0.05, 0) is 56.6 Å². The van der Waals surface area contributed by atoms with Crippen LogP contribution >= 0.6 is 11.6 Å². The average Bonchev–Trinajstić information content (AvgIpc) is 3.17. The van der Waals surface area contributed by atoms with Crippen molar-refractivity contribution >= 4 is 23.2 Å². The second-order valence-corrected chi connectivity index (χ2v) is 7.81. The number of halogens is 1. The summed E-state index contributed by atoms with van der Waals surface area (Å²) in [4.78, 5) is 19.3. The van der Waals surface area contributed by atoms with Gasteiger partial charge >= 0.3 is 0 Å². The smallest absolute Gasteiger partial charge is 0.241 e. The fourth-order valence-electron chi connectivity index (χ4n) is 3.61. The van der Waals surface area contributed by atoms with Gasteiger partial charge in [0.15, 0.2) is 0 Å². The summed E-state index contributed by atoms with van der Waals surface area (Å²) in [5, 5.41) is 7.70. The molecule has 0 radical (unpaired) electrons. The molecule has 1 fully saturated rings. The topological polar surface area (TPSA) is 71.3 Å². The number of hydrogen-bond acceptors (Lipinski definition) is 5. The molecule has 0 saturated carbocycles. The van der Waals surface area contributed by atoms with Crippen LogP contribution in [-0.4, -0.2) is 34.0 Å². The molecule has 0 unspecified atom stereocenters. The van der Waals surface area contributed by atoms with Crippen molar-refractivity contribution in [2.75, 3.05) is 18.4 Å². The first kappa shape index (κ1) is 19.6. The molecule has 1 aliphatic rings. The third-order valence-corrected chi connectivity index (χ3v) is 5.50. The Bertz CT molecular complexity index is 996. The van der Waals surface area contributed by atoms with Crippen LogP contribution in [0, 0.1) is 12.8 Å². The fraction of sp³-hybridized carbons (Fsp3) is 0.318. The minimum Gasteiger partial charge on any atom is -0.338 e. The molecular formula is C22H23ClN4O2. The highest BCUT2D eigenvalue weighted by Crippen LogP contribution is 2.23. The molecule has 0 spiro atoms. The number of carbonyl (C=O) groups is 1. The molecule has 3 aromatic rings. The van der Waals surface area contributed by atoms with Crippen LogP contribution in [0.15, 0.2) is 53.1 Å². The second kappa shape index (κ2) is 8.76. The van der Waals surface area contributed by atoms with Gasteiger partial charge in [-0.1, -0.05) is 47.1 Å². The SMILES string of the molecule is Cc1ccccc1-c1noc(CN2CCC(C(=O)Nc3cccc(Cl)c3)CC2)n1. The number of likely N-dealkylation sites (tertiary alicyclic amines) is 1. The second-order valence-electron chi connectivity index (χ2n) is 7.38. The number of nitrogens with zero attached hydrogens (tertiary/aromatic N) is 3. The van der Waals surface area contributed by atoms with Crippen LogP contribution in [0.4, 0.5) is 5.69 Å². The van der Waals surface area contributed by atoms with Gasteiger partial charge in [-0.3, -0.25) is 9.69 Å². The molecule has 1 amide bonds. The van der Waals surface area contributed by atoms with Crippen molar-refractivity contribution in [1.29, 1.82) is 0 Å². The summed E-state index contributed by atoms with van der Waals surface area (Å²) in [7, 11) is 0. The van der Waals surface area contributed by atoms with E-state index in [0.29, 0.717) is 23.3 Å². The first-order chi connectivity index (χ1) is 14.1. The monoisotopic (exact) mass is 410 g/mol. The van der Waals surface area contributed by atoms with Crippen LogP contribution in [0.3, 0.4) is 0 Å².